The largest absolute Gasteiger partial charge is 0.496 e. The van der Waals surface area contributed by atoms with E-state index >= 15 is 0 Å². The fourth-order valence-electron chi connectivity index (χ4n) is 3.26. The molecule has 0 radical (unpaired) electrons. The van der Waals surface area contributed by atoms with Gasteiger partial charge in [-0.1, -0.05) is 17.7 Å². The molecule has 2 aromatic carbocycles. The zero-order valence-electron chi connectivity index (χ0n) is 17.2. The van der Waals surface area contributed by atoms with Crippen molar-refractivity contribution in [3.05, 3.63) is 81.6 Å². The van der Waals surface area contributed by atoms with Crippen LogP contribution in [-0.4, -0.2) is 23.7 Å². The summed E-state index contributed by atoms with van der Waals surface area (Å²) in [5.41, 5.74) is 3.29. The maximum atomic E-state index is 12.9. The SMILES string of the molecule is COc1cc([N+](=O)[O-])ccc1-c1ccc(C=C2C(=O)N(c3ccc(C)cc3)N=C2C)o1. The lowest BCUT2D eigenvalue weighted by molar-refractivity contribution is -0.384. The van der Waals surface area contributed by atoms with Gasteiger partial charge >= 0.3 is 0 Å². The van der Waals surface area contributed by atoms with Gasteiger partial charge in [-0.2, -0.15) is 10.1 Å². The summed E-state index contributed by atoms with van der Waals surface area (Å²) < 4.78 is 11.2. The molecule has 0 unspecified atom stereocenters. The molecule has 1 aliphatic rings. The Morgan fingerprint density at radius 2 is 1.84 bits per heavy atom. The third-order valence-corrected chi connectivity index (χ3v) is 4.92. The van der Waals surface area contributed by atoms with Crippen molar-refractivity contribution in [2.75, 3.05) is 12.1 Å². The van der Waals surface area contributed by atoms with E-state index in [4.69, 9.17) is 9.15 Å². The quantitative estimate of drug-likeness (QED) is 0.331. The van der Waals surface area contributed by atoms with Crippen molar-refractivity contribution < 1.29 is 18.9 Å². The van der Waals surface area contributed by atoms with E-state index in [1.165, 1.54) is 24.3 Å². The molecule has 8 heteroatoms. The minimum Gasteiger partial charge on any atom is -0.496 e. The Balaban J connectivity index is 1.63. The van der Waals surface area contributed by atoms with Crippen LogP contribution in [0.4, 0.5) is 11.4 Å². The van der Waals surface area contributed by atoms with Gasteiger partial charge in [0.25, 0.3) is 11.6 Å². The number of non-ortho nitro benzene ring substituents is 1. The lowest BCUT2D eigenvalue weighted by Crippen LogP contribution is -2.21. The lowest BCUT2D eigenvalue weighted by Gasteiger charge is -2.11. The number of hydrazone groups is 1. The molecule has 1 aliphatic heterocycles. The number of methoxy groups -OCH3 is 1. The first-order chi connectivity index (χ1) is 14.9. The van der Waals surface area contributed by atoms with E-state index in [2.05, 4.69) is 5.10 Å². The molecule has 31 heavy (non-hydrogen) atoms. The highest BCUT2D eigenvalue weighted by Gasteiger charge is 2.29. The molecule has 0 bridgehead atoms. The van der Waals surface area contributed by atoms with E-state index in [0.29, 0.717) is 39.8 Å². The van der Waals surface area contributed by atoms with Gasteiger partial charge in [-0.05, 0) is 50.3 Å². The molecule has 0 atom stereocenters. The molecule has 0 saturated carbocycles. The first kappa shape index (κ1) is 20.1. The molecule has 0 spiro atoms. The van der Waals surface area contributed by atoms with Gasteiger partial charge in [0.05, 0.1) is 40.6 Å². The summed E-state index contributed by atoms with van der Waals surface area (Å²) in [6.45, 7) is 3.74. The second-order valence-electron chi connectivity index (χ2n) is 7.04. The molecule has 0 fully saturated rings. The number of rotatable bonds is 5. The molecule has 2 heterocycles. The van der Waals surface area contributed by atoms with Crippen LogP contribution in [0.5, 0.6) is 5.75 Å². The second-order valence-corrected chi connectivity index (χ2v) is 7.04. The number of carbonyl (C=O) groups excluding carboxylic acids is 1. The molecule has 156 valence electrons. The Hall–Kier alpha value is -4.20. The molecule has 0 aliphatic carbocycles. The number of nitro groups is 1. The van der Waals surface area contributed by atoms with Gasteiger partial charge < -0.3 is 9.15 Å². The number of amides is 1. The summed E-state index contributed by atoms with van der Waals surface area (Å²) in [7, 11) is 1.44. The Morgan fingerprint density at radius 3 is 2.52 bits per heavy atom. The standard InChI is InChI=1S/C23H19N3O5/c1-14-4-6-16(7-5-14)25-23(27)20(15(2)24-25)13-18-9-11-21(31-18)19-10-8-17(26(28)29)12-22(19)30-3/h4-13H,1-3H3. The van der Waals surface area contributed by atoms with Crippen LogP contribution in [-0.2, 0) is 4.79 Å². The number of anilines is 1. The topological polar surface area (TPSA) is 98.2 Å². The average molecular weight is 417 g/mol. The maximum absolute atomic E-state index is 12.9. The lowest BCUT2D eigenvalue weighted by atomic mass is 10.1. The van der Waals surface area contributed by atoms with Gasteiger partial charge in [0.15, 0.2) is 0 Å². The van der Waals surface area contributed by atoms with E-state index in [-0.39, 0.29) is 11.6 Å². The molecule has 0 N–H and O–H groups in total. The molecule has 1 amide bonds. The molecular formula is C23H19N3O5. The number of benzene rings is 2. The number of furan rings is 1. The van der Waals surface area contributed by atoms with Gasteiger partial charge in [-0.3, -0.25) is 14.9 Å². The summed E-state index contributed by atoms with van der Waals surface area (Å²) in [5.74, 6) is 1.00. The van der Waals surface area contributed by atoms with Crippen molar-refractivity contribution in [2.45, 2.75) is 13.8 Å². The van der Waals surface area contributed by atoms with E-state index in [1.807, 2.05) is 31.2 Å². The van der Waals surface area contributed by atoms with Gasteiger partial charge in [0, 0.05) is 6.07 Å². The van der Waals surface area contributed by atoms with Gasteiger partial charge in [0.2, 0.25) is 0 Å². The third kappa shape index (κ3) is 3.83. The highest BCUT2D eigenvalue weighted by atomic mass is 16.6. The van der Waals surface area contributed by atoms with E-state index in [1.54, 1.807) is 31.2 Å². The Morgan fingerprint density at radius 1 is 1.10 bits per heavy atom. The monoisotopic (exact) mass is 417 g/mol. The first-order valence-electron chi connectivity index (χ1n) is 9.48. The fourth-order valence-corrected chi connectivity index (χ4v) is 3.26. The van der Waals surface area contributed by atoms with Crippen molar-refractivity contribution in [3.8, 4) is 17.1 Å². The van der Waals surface area contributed by atoms with Crippen LogP contribution >= 0.6 is 0 Å². The normalized spacial score (nSPS) is 14.8. The number of nitro benzene ring substituents is 1. The Kier molecular flexibility index (Phi) is 5.12. The minimum atomic E-state index is -0.488. The van der Waals surface area contributed by atoms with Gasteiger partial charge in [0.1, 0.15) is 17.3 Å². The van der Waals surface area contributed by atoms with Crippen LogP contribution < -0.4 is 9.75 Å². The van der Waals surface area contributed by atoms with E-state index in [0.717, 1.165) is 5.56 Å². The summed E-state index contributed by atoms with van der Waals surface area (Å²) in [6, 6.07) is 15.3. The van der Waals surface area contributed by atoms with Crippen LogP contribution in [0.15, 0.2) is 69.7 Å². The summed E-state index contributed by atoms with van der Waals surface area (Å²) in [6.07, 6.45) is 1.64. The Bertz CT molecular complexity index is 1240. The van der Waals surface area contributed by atoms with Crippen molar-refractivity contribution in [1.82, 2.24) is 0 Å². The number of carbonyl (C=O) groups is 1. The number of ether oxygens (including phenoxy) is 1. The highest BCUT2D eigenvalue weighted by molar-refractivity contribution is 6.32. The smallest absolute Gasteiger partial charge is 0.280 e. The molecule has 8 nitrogen and oxygen atoms in total. The first-order valence-corrected chi connectivity index (χ1v) is 9.48. The van der Waals surface area contributed by atoms with Crippen LogP contribution in [0.25, 0.3) is 17.4 Å². The van der Waals surface area contributed by atoms with Crippen LogP contribution in [0, 0.1) is 17.0 Å². The van der Waals surface area contributed by atoms with E-state index in [9.17, 15) is 14.9 Å². The fraction of sp³-hybridized carbons (Fsp3) is 0.130. The number of nitrogens with zero attached hydrogens (tertiary/aromatic N) is 3. The van der Waals surface area contributed by atoms with Crippen molar-refractivity contribution >= 4 is 29.1 Å². The number of hydrogen-bond donors (Lipinski definition) is 0. The molecular weight excluding hydrogens is 398 g/mol. The Labute approximate surface area is 178 Å². The van der Waals surface area contributed by atoms with Crippen LogP contribution in [0.1, 0.15) is 18.2 Å². The minimum absolute atomic E-state index is 0.0749. The molecule has 4 rings (SSSR count). The van der Waals surface area contributed by atoms with Gasteiger partial charge in [-0.25, -0.2) is 0 Å². The number of hydrogen-bond acceptors (Lipinski definition) is 6. The third-order valence-electron chi connectivity index (χ3n) is 4.92. The predicted molar refractivity (Wildman–Crippen MR) is 117 cm³/mol. The predicted octanol–water partition coefficient (Wildman–Crippen LogP) is 4.98. The highest BCUT2D eigenvalue weighted by Crippen LogP contribution is 2.35. The van der Waals surface area contributed by atoms with E-state index < -0.39 is 4.92 Å². The zero-order valence-corrected chi connectivity index (χ0v) is 17.2. The molecule has 3 aromatic rings. The molecule has 1 aromatic heterocycles. The molecule has 0 saturated heterocycles. The van der Waals surface area contributed by atoms with Crippen molar-refractivity contribution in [3.63, 3.8) is 0 Å². The van der Waals surface area contributed by atoms with Crippen LogP contribution in [0.2, 0.25) is 0 Å². The summed E-state index contributed by atoms with van der Waals surface area (Å²) >= 11 is 0. The summed E-state index contributed by atoms with van der Waals surface area (Å²) in [5, 5.41) is 16.7. The van der Waals surface area contributed by atoms with Crippen molar-refractivity contribution in [2.24, 2.45) is 5.10 Å². The average Bonchev–Trinajstić information content (AvgIpc) is 3.34. The van der Waals surface area contributed by atoms with Crippen LogP contribution in [0.3, 0.4) is 0 Å². The number of aryl methyl sites for hydroxylation is 1. The second kappa shape index (κ2) is 7.91. The summed E-state index contributed by atoms with van der Waals surface area (Å²) in [4.78, 5) is 23.4. The zero-order chi connectivity index (χ0) is 22.1. The van der Waals surface area contributed by atoms with Gasteiger partial charge in [-0.15, -0.1) is 0 Å². The maximum Gasteiger partial charge on any atom is 0.280 e. The van der Waals surface area contributed by atoms with Crippen molar-refractivity contribution in [1.29, 1.82) is 0 Å².